The second-order valence-electron chi connectivity index (χ2n) is 8.82. The summed E-state index contributed by atoms with van der Waals surface area (Å²) in [7, 11) is 0. The third-order valence-corrected chi connectivity index (χ3v) is 7.37. The van der Waals surface area contributed by atoms with Crippen molar-refractivity contribution >= 4 is 5.91 Å². The molecule has 0 heterocycles. The van der Waals surface area contributed by atoms with E-state index >= 15 is 0 Å². The lowest BCUT2D eigenvalue weighted by molar-refractivity contribution is -0.138. The molecule has 0 saturated heterocycles. The zero-order valence-electron chi connectivity index (χ0n) is 13.8. The highest BCUT2D eigenvalue weighted by atomic mass is 16.1. The first-order chi connectivity index (χ1) is 11.2. The fraction of sp³-hybridized carbons (Fsp3) is 0.667. The highest BCUT2D eigenvalue weighted by Crippen LogP contribution is 2.56. The number of hydrogen-bond acceptors (Lipinski definition) is 1. The van der Waals surface area contributed by atoms with Crippen LogP contribution in [0, 0.1) is 29.6 Å². The molecule has 6 rings (SSSR count). The van der Waals surface area contributed by atoms with Gasteiger partial charge in [-0.1, -0.05) is 30.3 Å². The Balaban J connectivity index is 1.26. The lowest BCUT2D eigenvalue weighted by atomic mass is 9.51. The highest BCUT2D eigenvalue weighted by Gasteiger charge is 2.51. The van der Waals surface area contributed by atoms with Crippen LogP contribution >= 0.6 is 0 Å². The third kappa shape index (κ3) is 2.33. The Morgan fingerprint density at radius 3 is 2.13 bits per heavy atom. The number of carbonyl (C=O) groups is 1. The highest BCUT2D eigenvalue weighted by molar-refractivity contribution is 5.80. The summed E-state index contributed by atoms with van der Waals surface area (Å²) in [5.41, 5.74) is 1.65. The quantitative estimate of drug-likeness (QED) is 0.898. The van der Waals surface area contributed by atoms with E-state index in [2.05, 4.69) is 35.6 Å². The largest absolute Gasteiger partial charge is 0.355 e. The predicted molar refractivity (Wildman–Crippen MR) is 90.9 cm³/mol. The smallest absolute Gasteiger partial charge is 0.223 e. The molecular formula is C21H27NO. The summed E-state index contributed by atoms with van der Waals surface area (Å²) in [6.45, 7) is 0.846. The molecule has 0 spiro atoms. The molecule has 122 valence electrons. The van der Waals surface area contributed by atoms with E-state index in [4.69, 9.17) is 0 Å². The lowest BCUT2D eigenvalue weighted by Gasteiger charge is -2.53. The molecule has 4 bridgehead atoms. The van der Waals surface area contributed by atoms with Crippen molar-refractivity contribution in [3.05, 3.63) is 35.9 Å². The van der Waals surface area contributed by atoms with Crippen molar-refractivity contribution in [1.82, 2.24) is 5.32 Å². The zero-order valence-corrected chi connectivity index (χ0v) is 13.8. The number of benzene rings is 1. The summed E-state index contributed by atoms with van der Waals surface area (Å²) in [6, 6.07) is 10.8. The van der Waals surface area contributed by atoms with Gasteiger partial charge < -0.3 is 5.32 Å². The monoisotopic (exact) mass is 309 g/mol. The first-order valence-electron chi connectivity index (χ1n) is 9.57. The maximum Gasteiger partial charge on any atom is 0.223 e. The van der Waals surface area contributed by atoms with E-state index in [0.29, 0.717) is 23.7 Å². The first kappa shape index (κ1) is 14.1. The molecule has 0 atom stereocenters. The Labute approximate surface area is 139 Å². The topological polar surface area (TPSA) is 29.1 Å². The van der Waals surface area contributed by atoms with Crippen LogP contribution in [0.3, 0.4) is 0 Å². The summed E-state index contributed by atoms with van der Waals surface area (Å²) >= 11 is 0. The van der Waals surface area contributed by atoms with Gasteiger partial charge in [0, 0.05) is 17.9 Å². The van der Waals surface area contributed by atoms with E-state index in [0.717, 1.165) is 18.4 Å². The van der Waals surface area contributed by atoms with Gasteiger partial charge in [-0.3, -0.25) is 4.79 Å². The average molecular weight is 309 g/mol. The van der Waals surface area contributed by atoms with Crippen LogP contribution in [0.1, 0.15) is 50.5 Å². The summed E-state index contributed by atoms with van der Waals surface area (Å²) < 4.78 is 0. The standard InChI is InChI=1S/C21H27NO/c23-20(19-16-9-14-8-15(11-16)12-17(19)10-14)22-13-21(6-7-21)18-4-2-1-3-5-18/h1-5,14-17,19H,6-13H2,(H,22,23). The van der Waals surface area contributed by atoms with Crippen LogP contribution in [0.15, 0.2) is 30.3 Å². The van der Waals surface area contributed by atoms with Crippen molar-refractivity contribution in [2.45, 2.75) is 50.4 Å². The molecule has 1 amide bonds. The molecule has 2 heteroatoms. The third-order valence-electron chi connectivity index (χ3n) is 7.37. The van der Waals surface area contributed by atoms with E-state index in [-0.39, 0.29) is 5.41 Å². The molecule has 1 aromatic carbocycles. The Morgan fingerprint density at radius 2 is 1.57 bits per heavy atom. The molecule has 5 fully saturated rings. The minimum absolute atomic E-state index is 0.239. The molecule has 1 N–H and O–H groups in total. The van der Waals surface area contributed by atoms with Gasteiger partial charge in [0.2, 0.25) is 5.91 Å². The fourth-order valence-electron chi connectivity index (χ4n) is 6.24. The Kier molecular flexibility index (Phi) is 3.11. The number of carbonyl (C=O) groups excluding carboxylic acids is 1. The molecule has 1 aromatic rings. The molecule has 5 saturated carbocycles. The van der Waals surface area contributed by atoms with Gasteiger partial charge in [0.25, 0.3) is 0 Å². The average Bonchev–Trinajstić information content (AvgIpc) is 3.34. The van der Waals surface area contributed by atoms with Gasteiger partial charge in [0.05, 0.1) is 0 Å². The number of hydrogen-bond donors (Lipinski definition) is 1. The molecule has 2 nitrogen and oxygen atoms in total. The van der Waals surface area contributed by atoms with Crippen molar-refractivity contribution in [3.63, 3.8) is 0 Å². The fourth-order valence-corrected chi connectivity index (χ4v) is 6.24. The lowest BCUT2D eigenvalue weighted by Crippen LogP contribution is -2.51. The molecule has 5 aliphatic carbocycles. The van der Waals surface area contributed by atoms with Gasteiger partial charge in [-0.25, -0.2) is 0 Å². The Bertz CT molecular complexity index is 576. The zero-order chi connectivity index (χ0) is 15.4. The predicted octanol–water partition coefficient (Wildman–Crippen LogP) is 3.91. The molecule has 0 aromatic heterocycles. The van der Waals surface area contributed by atoms with Crippen molar-refractivity contribution in [3.8, 4) is 0 Å². The summed E-state index contributed by atoms with van der Waals surface area (Å²) in [5.74, 6) is 3.98. The number of amides is 1. The normalized spacial score (nSPS) is 39.2. The number of rotatable bonds is 4. The van der Waals surface area contributed by atoms with Gasteiger partial charge in [-0.2, -0.15) is 0 Å². The van der Waals surface area contributed by atoms with Crippen molar-refractivity contribution in [2.75, 3.05) is 6.54 Å². The van der Waals surface area contributed by atoms with Crippen molar-refractivity contribution in [2.24, 2.45) is 29.6 Å². The Hall–Kier alpha value is -1.31. The van der Waals surface area contributed by atoms with Crippen molar-refractivity contribution in [1.29, 1.82) is 0 Å². The second-order valence-corrected chi connectivity index (χ2v) is 8.82. The SMILES string of the molecule is O=C(NCC1(c2ccccc2)CC1)C1C2CC3CC(C2)CC1C3. The van der Waals surface area contributed by atoms with Crippen LogP contribution in [-0.2, 0) is 10.2 Å². The molecule has 23 heavy (non-hydrogen) atoms. The maximum atomic E-state index is 12.9. The van der Waals surface area contributed by atoms with Crippen LogP contribution in [0.25, 0.3) is 0 Å². The molecule has 0 unspecified atom stereocenters. The molecule has 5 aliphatic rings. The van der Waals surface area contributed by atoms with Gasteiger partial charge >= 0.3 is 0 Å². The summed E-state index contributed by atoms with van der Waals surface area (Å²) in [4.78, 5) is 12.9. The molecular weight excluding hydrogens is 282 g/mol. The van der Waals surface area contributed by atoms with Crippen LogP contribution in [-0.4, -0.2) is 12.5 Å². The minimum Gasteiger partial charge on any atom is -0.355 e. The van der Waals surface area contributed by atoms with Crippen LogP contribution in [0.5, 0.6) is 0 Å². The van der Waals surface area contributed by atoms with Crippen LogP contribution in [0.4, 0.5) is 0 Å². The van der Waals surface area contributed by atoms with Gasteiger partial charge in [0.1, 0.15) is 0 Å². The van der Waals surface area contributed by atoms with E-state index in [1.807, 2.05) is 0 Å². The number of nitrogens with one attached hydrogen (secondary N) is 1. The Morgan fingerprint density at radius 1 is 0.957 bits per heavy atom. The van der Waals surface area contributed by atoms with Gasteiger partial charge in [-0.05, 0) is 74.2 Å². The maximum absolute atomic E-state index is 12.9. The summed E-state index contributed by atoms with van der Waals surface area (Å²) in [5, 5.41) is 3.37. The van der Waals surface area contributed by atoms with E-state index in [9.17, 15) is 4.79 Å². The van der Waals surface area contributed by atoms with Gasteiger partial charge in [0.15, 0.2) is 0 Å². The van der Waals surface area contributed by atoms with E-state index in [1.54, 1.807) is 0 Å². The second kappa shape index (κ2) is 5.09. The van der Waals surface area contributed by atoms with E-state index in [1.165, 1.54) is 50.5 Å². The first-order valence-corrected chi connectivity index (χ1v) is 9.57. The van der Waals surface area contributed by atoms with Crippen molar-refractivity contribution < 1.29 is 4.79 Å². The van der Waals surface area contributed by atoms with Crippen LogP contribution in [0.2, 0.25) is 0 Å². The molecule has 0 radical (unpaired) electrons. The minimum atomic E-state index is 0.239. The van der Waals surface area contributed by atoms with E-state index < -0.39 is 0 Å². The summed E-state index contributed by atoms with van der Waals surface area (Å²) in [6.07, 6.45) is 9.21. The van der Waals surface area contributed by atoms with Crippen LogP contribution < -0.4 is 5.32 Å². The molecule has 0 aliphatic heterocycles. The van der Waals surface area contributed by atoms with Gasteiger partial charge in [-0.15, -0.1) is 0 Å².